The Morgan fingerprint density at radius 2 is 1.96 bits per heavy atom. The molecular formula is C15H21N3O3S2. The summed E-state index contributed by atoms with van der Waals surface area (Å²) in [6, 6.07) is 6.06. The average Bonchev–Trinajstić information content (AvgIpc) is 2.51. The summed E-state index contributed by atoms with van der Waals surface area (Å²) in [5, 5.41) is 5.60. The van der Waals surface area contributed by atoms with Gasteiger partial charge in [0, 0.05) is 18.7 Å². The van der Waals surface area contributed by atoms with Gasteiger partial charge in [0.05, 0.1) is 4.90 Å². The van der Waals surface area contributed by atoms with Gasteiger partial charge in [-0.25, -0.2) is 13.1 Å². The summed E-state index contributed by atoms with van der Waals surface area (Å²) < 4.78 is 26.2. The average molecular weight is 355 g/mol. The lowest BCUT2D eigenvalue weighted by Crippen LogP contribution is -2.33. The number of rotatable bonds is 8. The molecule has 0 bridgehead atoms. The first kappa shape index (κ1) is 19.3. The van der Waals surface area contributed by atoms with Gasteiger partial charge in [0.25, 0.3) is 0 Å². The zero-order valence-electron chi connectivity index (χ0n) is 13.0. The van der Waals surface area contributed by atoms with Crippen LogP contribution in [0.25, 0.3) is 0 Å². The van der Waals surface area contributed by atoms with Crippen molar-refractivity contribution in [1.29, 1.82) is 0 Å². The summed E-state index contributed by atoms with van der Waals surface area (Å²) in [4.78, 5) is 11.7. The van der Waals surface area contributed by atoms with Crippen LogP contribution in [0, 0.1) is 0 Å². The van der Waals surface area contributed by atoms with Gasteiger partial charge in [-0.05, 0) is 42.9 Å². The fraction of sp³-hybridized carbons (Fsp3) is 0.333. The third-order valence-electron chi connectivity index (χ3n) is 2.85. The summed E-state index contributed by atoms with van der Waals surface area (Å²) >= 11 is 5.04. The van der Waals surface area contributed by atoms with Crippen molar-refractivity contribution in [3.63, 3.8) is 0 Å². The van der Waals surface area contributed by atoms with Gasteiger partial charge in [-0.1, -0.05) is 19.4 Å². The van der Waals surface area contributed by atoms with E-state index in [1.807, 2.05) is 6.92 Å². The van der Waals surface area contributed by atoms with Gasteiger partial charge in [-0.2, -0.15) is 0 Å². The quantitative estimate of drug-likeness (QED) is 0.491. The highest BCUT2D eigenvalue weighted by Gasteiger charge is 2.12. The SMILES string of the molecule is C=CCNS(=O)(=O)c1ccc(NC(=S)NC(=O)CCCC)cc1. The van der Waals surface area contributed by atoms with Gasteiger partial charge in [-0.15, -0.1) is 6.58 Å². The maximum atomic E-state index is 11.9. The molecule has 1 rings (SSSR count). The van der Waals surface area contributed by atoms with E-state index in [1.165, 1.54) is 18.2 Å². The van der Waals surface area contributed by atoms with Crippen LogP contribution in [0.15, 0.2) is 41.8 Å². The smallest absolute Gasteiger partial charge is 0.240 e. The molecule has 3 N–H and O–H groups in total. The van der Waals surface area contributed by atoms with E-state index in [0.717, 1.165) is 12.8 Å². The van der Waals surface area contributed by atoms with Crippen LogP contribution >= 0.6 is 12.2 Å². The predicted octanol–water partition coefficient (Wildman–Crippen LogP) is 2.15. The van der Waals surface area contributed by atoms with Gasteiger partial charge in [0.2, 0.25) is 15.9 Å². The molecule has 0 heterocycles. The number of carbonyl (C=O) groups excluding carboxylic acids is 1. The molecule has 0 saturated heterocycles. The van der Waals surface area contributed by atoms with Gasteiger partial charge >= 0.3 is 0 Å². The van der Waals surface area contributed by atoms with E-state index in [4.69, 9.17) is 12.2 Å². The van der Waals surface area contributed by atoms with Crippen LogP contribution in [0.3, 0.4) is 0 Å². The molecule has 0 radical (unpaired) electrons. The number of amides is 1. The van der Waals surface area contributed by atoms with Crippen molar-refractivity contribution in [3.05, 3.63) is 36.9 Å². The number of sulfonamides is 1. The van der Waals surface area contributed by atoms with E-state index >= 15 is 0 Å². The minimum Gasteiger partial charge on any atom is -0.332 e. The second-order valence-electron chi connectivity index (χ2n) is 4.77. The number of anilines is 1. The van der Waals surface area contributed by atoms with Crippen LogP contribution in [0.1, 0.15) is 26.2 Å². The molecule has 0 spiro atoms. The second kappa shape index (κ2) is 9.39. The Hall–Kier alpha value is -1.77. The van der Waals surface area contributed by atoms with Crippen LogP contribution < -0.4 is 15.4 Å². The first-order chi connectivity index (χ1) is 10.9. The van der Waals surface area contributed by atoms with E-state index in [0.29, 0.717) is 12.1 Å². The molecule has 0 aliphatic rings. The highest BCUT2D eigenvalue weighted by atomic mass is 32.2. The van der Waals surface area contributed by atoms with E-state index in [-0.39, 0.29) is 22.5 Å². The van der Waals surface area contributed by atoms with Gasteiger partial charge < -0.3 is 10.6 Å². The molecule has 126 valence electrons. The fourth-order valence-corrected chi connectivity index (χ4v) is 2.89. The topological polar surface area (TPSA) is 87.3 Å². The largest absolute Gasteiger partial charge is 0.332 e. The molecule has 0 fully saturated rings. The van der Waals surface area contributed by atoms with E-state index in [1.54, 1.807) is 12.1 Å². The molecule has 1 aromatic rings. The second-order valence-corrected chi connectivity index (χ2v) is 6.95. The van der Waals surface area contributed by atoms with Crippen molar-refractivity contribution >= 4 is 38.9 Å². The Labute approximate surface area is 142 Å². The van der Waals surface area contributed by atoms with E-state index in [9.17, 15) is 13.2 Å². The fourth-order valence-electron chi connectivity index (χ4n) is 1.66. The summed E-state index contributed by atoms with van der Waals surface area (Å²) in [6.07, 6.45) is 3.62. The number of carbonyl (C=O) groups is 1. The molecular weight excluding hydrogens is 334 g/mol. The minimum absolute atomic E-state index is 0.141. The molecule has 0 saturated carbocycles. The molecule has 23 heavy (non-hydrogen) atoms. The van der Waals surface area contributed by atoms with Crippen LogP contribution in [-0.2, 0) is 14.8 Å². The maximum absolute atomic E-state index is 11.9. The first-order valence-corrected chi connectivity index (χ1v) is 9.09. The van der Waals surface area contributed by atoms with Crippen molar-refractivity contribution < 1.29 is 13.2 Å². The van der Waals surface area contributed by atoms with Crippen LogP contribution in [-0.4, -0.2) is 26.0 Å². The lowest BCUT2D eigenvalue weighted by atomic mass is 10.2. The maximum Gasteiger partial charge on any atom is 0.240 e. The standard InChI is InChI=1S/C15H21N3O3S2/c1-3-5-6-14(19)18-15(22)17-12-7-9-13(10-8-12)23(20,21)16-11-4-2/h4,7-10,16H,2-3,5-6,11H2,1H3,(H2,17,18,19,22). The Morgan fingerprint density at radius 1 is 1.30 bits per heavy atom. The summed E-state index contributed by atoms with van der Waals surface area (Å²) in [5.41, 5.74) is 0.591. The summed E-state index contributed by atoms with van der Waals surface area (Å²) in [6.45, 7) is 5.63. The number of hydrogen-bond acceptors (Lipinski definition) is 4. The zero-order chi connectivity index (χ0) is 17.3. The molecule has 6 nitrogen and oxygen atoms in total. The molecule has 0 atom stereocenters. The Bertz CT molecular complexity index is 655. The first-order valence-electron chi connectivity index (χ1n) is 7.20. The van der Waals surface area contributed by atoms with Gasteiger partial charge in [0.1, 0.15) is 0 Å². The lowest BCUT2D eigenvalue weighted by molar-refractivity contribution is -0.119. The highest BCUT2D eigenvalue weighted by molar-refractivity contribution is 7.89. The molecule has 1 amide bonds. The number of benzene rings is 1. The highest BCUT2D eigenvalue weighted by Crippen LogP contribution is 2.13. The normalized spacial score (nSPS) is 10.8. The number of hydrogen-bond donors (Lipinski definition) is 3. The lowest BCUT2D eigenvalue weighted by Gasteiger charge is -2.10. The third kappa shape index (κ3) is 6.89. The minimum atomic E-state index is -3.55. The van der Waals surface area contributed by atoms with Crippen LogP contribution in [0.4, 0.5) is 5.69 Å². The zero-order valence-corrected chi connectivity index (χ0v) is 14.6. The third-order valence-corrected chi connectivity index (χ3v) is 4.49. The predicted molar refractivity (Wildman–Crippen MR) is 95.7 cm³/mol. The number of unbranched alkanes of at least 4 members (excludes halogenated alkanes) is 1. The van der Waals surface area contributed by atoms with Gasteiger partial charge in [0.15, 0.2) is 5.11 Å². The van der Waals surface area contributed by atoms with Crippen LogP contribution in [0.2, 0.25) is 0 Å². The number of thiocarbonyl (C=S) groups is 1. The molecule has 0 aliphatic heterocycles. The molecule has 1 aromatic carbocycles. The molecule has 8 heteroatoms. The van der Waals surface area contributed by atoms with Crippen molar-refractivity contribution in [2.45, 2.75) is 31.1 Å². The van der Waals surface area contributed by atoms with Crippen LogP contribution in [0.5, 0.6) is 0 Å². The van der Waals surface area contributed by atoms with Crippen molar-refractivity contribution in [2.24, 2.45) is 0 Å². The Kier molecular flexibility index (Phi) is 7.87. The molecule has 0 aromatic heterocycles. The van der Waals surface area contributed by atoms with E-state index in [2.05, 4.69) is 21.9 Å². The monoisotopic (exact) mass is 355 g/mol. The molecule has 0 aliphatic carbocycles. The summed E-state index contributed by atoms with van der Waals surface area (Å²) in [7, 11) is -3.55. The van der Waals surface area contributed by atoms with Crippen molar-refractivity contribution in [2.75, 3.05) is 11.9 Å². The van der Waals surface area contributed by atoms with E-state index < -0.39 is 10.0 Å². The Balaban J connectivity index is 2.62. The van der Waals surface area contributed by atoms with Crippen molar-refractivity contribution in [3.8, 4) is 0 Å². The summed E-state index contributed by atoms with van der Waals surface area (Å²) in [5.74, 6) is -0.142. The van der Waals surface area contributed by atoms with Crippen molar-refractivity contribution in [1.82, 2.24) is 10.0 Å². The molecule has 0 unspecified atom stereocenters. The number of nitrogens with one attached hydrogen (secondary N) is 3. The Morgan fingerprint density at radius 3 is 2.52 bits per heavy atom. The van der Waals surface area contributed by atoms with Gasteiger partial charge in [-0.3, -0.25) is 4.79 Å².